The molecule has 0 spiro atoms. The Morgan fingerprint density at radius 1 is 1.18 bits per heavy atom. The van der Waals surface area contributed by atoms with E-state index in [0.29, 0.717) is 11.7 Å². The van der Waals surface area contributed by atoms with Crippen molar-refractivity contribution >= 4 is 16.9 Å². The van der Waals surface area contributed by atoms with Gasteiger partial charge in [0.2, 0.25) is 5.91 Å². The number of benzene rings is 2. The van der Waals surface area contributed by atoms with Crippen LogP contribution in [-0.2, 0) is 17.8 Å². The van der Waals surface area contributed by atoms with Gasteiger partial charge in [0.25, 0.3) is 0 Å². The highest BCUT2D eigenvalue weighted by atomic mass is 19.1. The number of rotatable bonds is 6. The van der Waals surface area contributed by atoms with Gasteiger partial charge < -0.3 is 14.7 Å². The Labute approximate surface area is 158 Å². The summed E-state index contributed by atoms with van der Waals surface area (Å²) in [6, 6.07) is 10.8. The number of hydrogen-bond donors (Lipinski definition) is 2. The van der Waals surface area contributed by atoms with Gasteiger partial charge >= 0.3 is 0 Å². The van der Waals surface area contributed by atoms with Crippen molar-refractivity contribution in [3.8, 4) is 11.3 Å². The van der Waals surface area contributed by atoms with Crippen molar-refractivity contribution < 1.29 is 18.0 Å². The topological polar surface area (TPSA) is 83.8 Å². The molecule has 0 fully saturated rings. The third-order valence-electron chi connectivity index (χ3n) is 4.21. The van der Waals surface area contributed by atoms with Gasteiger partial charge in [-0.25, -0.2) is 18.7 Å². The molecule has 0 radical (unpaired) electrons. The highest BCUT2D eigenvalue weighted by Gasteiger charge is 2.13. The first kappa shape index (κ1) is 17.8. The third kappa shape index (κ3) is 3.90. The van der Waals surface area contributed by atoms with Gasteiger partial charge in [-0.05, 0) is 24.3 Å². The van der Waals surface area contributed by atoms with Crippen LogP contribution in [0.2, 0.25) is 0 Å². The van der Waals surface area contributed by atoms with Crippen LogP contribution in [0.15, 0.2) is 53.1 Å². The lowest BCUT2D eigenvalue weighted by molar-refractivity contribution is -0.121. The van der Waals surface area contributed by atoms with E-state index < -0.39 is 11.6 Å². The van der Waals surface area contributed by atoms with Crippen molar-refractivity contribution in [2.45, 2.75) is 19.4 Å². The van der Waals surface area contributed by atoms with Crippen molar-refractivity contribution in [3.63, 3.8) is 0 Å². The molecule has 0 aliphatic carbocycles. The summed E-state index contributed by atoms with van der Waals surface area (Å²) in [4.78, 5) is 23.6. The Balaban J connectivity index is 1.32. The molecule has 2 aromatic heterocycles. The summed E-state index contributed by atoms with van der Waals surface area (Å²) in [6.45, 7) is 0.283. The number of nitrogens with one attached hydrogen (secondary N) is 2. The van der Waals surface area contributed by atoms with E-state index >= 15 is 0 Å². The molecular formula is C20H16F2N4O2. The van der Waals surface area contributed by atoms with Crippen LogP contribution in [0.4, 0.5) is 8.78 Å². The SMILES string of the molecule is O=C(CCc1ncc(-c2ccc(F)cc2F)o1)NCc1nc2ccccc2[nH]1. The number of nitrogens with zero attached hydrogens (tertiary/aromatic N) is 2. The zero-order chi connectivity index (χ0) is 19.5. The summed E-state index contributed by atoms with van der Waals surface area (Å²) in [5.41, 5.74) is 1.87. The molecule has 2 heterocycles. The molecule has 2 aromatic carbocycles. The molecule has 0 atom stereocenters. The van der Waals surface area contributed by atoms with Gasteiger partial charge in [-0.3, -0.25) is 4.79 Å². The van der Waals surface area contributed by atoms with Crippen LogP contribution in [0.1, 0.15) is 18.1 Å². The van der Waals surface area contributed by atoms with Gasteiger partial charge in [0.1, 0.15) is 17.5 Å². The second kappa shape index (κ2) is 7.59. The smallest absolute Gasteiger partial charge is 0.220 e. The lowest BCUT2D eigenvalue weighted by Crippen LogP contribution is -2.23. The summed E-state index contributed by atoms with van der Waals surface area (Å²) < 4.78 is 32.3. The summed E-state index contributed by atoms with van der Waals surface area (Å²) in [6.07, 6.45) is 1.78. The minimum absolute atomic E-state index is 0.120. The van der Waals surface area contributed by atoms with Crippen molar-refractivity contribution in [1.29, 1.82) is 0 Å². The number of H-pyrrole nitrogens is 1. The number of carbonyl (C=O) groups is 1. The molecule has 4 aromatic rings. The molecule has 0 bridgehead atoms. The average Bonchev–Trinajstić information content (AvgIpc) is 3.31. The van der Waals surface area contributed by atoms with E-state index in [2.05, 4.69) is 20.3 Å². The summed E-state index contributed by atoms with van der Waals surface area (Å²) in [5, 5.41) is 2.78. The lowest BCUT2D eigenvalue weighted by atomic mass is 10.2. The first-order valence-electron chi connectivity index (χ1n) is 8.69. The second-order valence-corrected chi connectivity index (χ2v) is 6.22. The summed E-state index contributed by atoms with van der Waals surface area (Å²) >= 11 is 0. The molecule has 0 saturated heterocycles. The van der Waals surface area contributed by atoms with Crippen molar-refractivity contribution in [2.24, 2.45) is 0 Å². The minimum Gasteiger partial charge on any atom is -0.441 e. The molecule has 0 unspecified atom stereocenters. The van der Waals surface area contributed by atoms with Gasteiger partial charge in [-0.2, -0.15) is 0 Å². The van der Waals surface area contributed by atoms with Gasteiger partial charge in [0.05, 0.1) is 29.3 Å². The molecule has 0 aliphatic rings. The van der Waals surface area contributed by atoms with Crippen LogP contribution in [0.3, 0.4) is 0 Å². The fourth-order valence-corrected chi connectivity index (χ4v) is 2.82. The van der Waals surface area contributed by atoms with Gasteiger partial charge in [0, 0.05) is 18.9 Å². The highest BCUT2D eigenvalue weighted by molar-refractivity contribution is 5.77. The number of carbonyl (C=O) groups excluding carboxylic acids is 1. The molecule has 0 aliphatic heterocycles. The number of aromatic amines is 1. The average molecular weight is 382 g/mol. The first-order chi connectivity index (χ1) is 13.6. The Hall–Kier alpha value is -3.55. The van der Waals surface area contributed by atoms with Crippen molar-refractivity contribution in [3.05, 3.63) is 72.0 Å². The van der Waals surface area contributed by atoms with E-state index in [9.17, 15) is 13.6 Å². The van der Waals surface area contributed by atoms with E-state index in [1.807, 2.05) is 24.3 Å². The quantitative estimate of drug-likeness (QED) is 0.532. The maximum absolute atomic E-state index is 13.8. The predicted octanol–water partition coefficient (Wildman–Crippen LogP) is 3.75. The molecule has 28 heavy (non-hydrogen) atoms. The number of imidazole rings is 1. The zero-order valence-corrected chi connectivity index (χ0v) is 14.7. The van der Waals surface area contributed by atoms with Crippen molar-refractivity contribution in [1.82, 2.24) is 20.3 Å². The number of aryl methyl sites for hydroxylation is 1. The standard InChI is InChI=1S/C20H16F2N4O2/c21-12-5-6-13(14(22)9-12)17-10-24-20(28-17)8-7-19(27)23-11-18-25-15-3-1-2-4-16(15)26-18/h1-6,9-10H,7-8,11H2,(H,23,27)(H,25,26). The third-order valence-corrected chi connectivity index (χ3v) is 4.21. The fraction of sp³-hybridized carbons (Fsp3) is 0.150. The van der Waals surface area contributed by atoms with E-state index in [1.54, 1.807) is 0 Å². The van der Waals surface area contributed by atoms with Crippen LogP contribution < -0.4 is 5.32 Å². The molecule has 0 saturated carbocycles. The van der Waals surface area contributed by atoms with E-state index in [-0.39, 0.29) is 36.6 Å². The number of hydrogen-bond acceptors (Lipinski definition) is 4. The van der Waals surface area contributed by atoms with Crippen LogP contribution in [0.5, 0.6) is 0 Å². The monoisotopic (exact) mass is 382 g/mol. The number of amides is 1. The first-order valence-corrected chi connectivity index (χ1v) is 8.69. The molecule has 8 heteroatoms. The number of oxazole rings is 1. The Morgan fingerprint density at radius 2 is 2.04 bits per heavy atom. The normalized spacial score (nSPS) is 11.1. The fourth-order valence-electron chi connectivity index (χ4n) is 2.82. The summed E-state index contributed by atoms with van der Waals surface area (Å²) in [5.74, 6) is -0.422. The molecule has 2 N–H and O–H groups in total. The van der Waals surface area contributed by atoms with E-state index in [1.165, 1.54) is 12.3 Å². The maximum Gasteiger partial charge on any atom is 0.220 e. The Kier molecular flexibility index (Phi) is 4.84. The highest BCUT2D eigenvalue weighted by Crippen LogP contribution is 2.24. The largest absolute Gasteiger partial charge is 0.441 e. The number of aromatic nitrogens is 3. The zero-order valence-electron chi connectivity index (χ0n) is 14.7. The van der Waals surface area contributed by atoms with Gasteiger partial charge in [0.15, 0.2) is 11.7 Å². The van der Waals surface area contributed by atoms with Gasteiger partial charge in [-0.15, -0.1) is 0 Å². The minimum atomic E-state index is -0.730. The van der Waals surface area contributed by atoms with Crippen LogP contribution in [0.25, 0.3) is 22.4 Å². The molecule has 6 nitrogen and oxygen atoms in total. The molecule has 142 valence electrons. The number of para-hydroxylation sites is 2. The number of fused-ring (bicyclic) bond motifs is 1. The Bertz CT molecular complexity index is 1100. The summed E-state index contributed by atoms with van der Waals surface area (Å²) in [7, 11) is 0. The van der Waals surface area contributed by atoms with Crippen LogP contribution in [-0.4, -0.2) is 20.9 Å². The molecule has 4 rings (SSSR count). The number of halogens is 2. The molecular weight excluding hydrogens is 366 g/mol. The van der Waals surface area contributed by atoms with Crippen molar-refractivity contribution in [2.75, 3.05) is 0 Å². The van der Waals surface area contributed by atoms with Crippen LogP contribution in [0, 0.1) is 11.6 Å². The van der Waals surface area contributed by atoms with E-state index in [0.717, 1.165) is 23.2 Å². The maximum atomic E-state index is 13.8. The van der Waals surface area contributed by atoms with Gasteiger partial charge in [-0.1, -0.05) is 12.1 Å². The van der Waals surface area contributed by atoms with E-state index in [4.69, 9.17) is 4.42 Å². The lowest BCUT2D eigenvalue weighted by Gasteiger charge is -2.02. The van der Waals surface area contributed by atoms with Crippen LogP contribution >= 0.6 is 0 Å². The molecule has 1 amide bonds. The Morgan fingerprint density at radius 3 is 2.86 bits per heavy atom. The predicted molar refractivity (Wildman–Crippen MR) is 98.1 cm³/mol. The second-order valence-electron chi connectivity index (χ2n) is 6.22.